The van der Waals surface area contributed by atoms with Crippen molar-refractivity contribution in [1.29, 1.82) is 0 Å². The van der Waals surface area contributed by atoms with Crippen LogP contribution < -0.4 is 0 Å². The molecule has 36 heteroatoms. The van der Waals surface area contributed by atoms with Gasteiger partial charge in [0.15, 0.2) is 22.2 Å². The number of thiazole rings is 1. The van der Waals surface area contributed by atoms with Gasteiger partial charge in [0.05, 0.1) is 34.0 Å². The second-order valence-corrected chi connectivity index (χ2v) is 50.9. The monoisotopic (exact) mass is 2090 g/mol. The van der Waals surface area contributed by atoms with Crippen molar-refractivity contribution in [2.75, 3.05) is 6.54 Å². The van der Waals surface area contributed by atoms with E-state index in [2.05, 4.69) is 99.4 Å². The smallest absolute Gasteiger partial charge is 0.442 e. The van der Waals surface area contributed by atoms with E-state index in [4.69, 9.17) is 31.2 Å². The molecule has 11 aromatic rings. The molecule has 4 aliphatic carbocycles. The summed E-state index contributed by atoms with van der Waals surface area (Å²) in [6.45, 7) is 72.5. The Hall–Kier alpha value is -12.0. The van der Waals surface area contributed by atoms with Crippen LogP contribution in [-0.2, 0) is 11.0 Å². The van der Waals surface area contributed by atoms with Crippen molar-refractivity contribution in [1.82, 2.24) is 65.2 Å². The number of hydrogen-bond donors (Lipinski definition) is 0. The molecule has 2 aromatic carbocycles. The van der Waals surface area contributed by atoms with E-state index >= 15 is 0 Å². The lowest BCUT2D eigenvalue weighted by atomic mass is 9.90. The molecule has 0 spiro atoms. The largest absolute Gasteiger partial charge is 0.451 e. The van der Waals surface area contributed by atoms with E-state index in [-0.39, 0.29) is 98.5 Å². The number of nitrogens with zero attached hydrogens (tertiary/aromatic N) is 13. The van der Waals surface area contributed by atoms with Gasteiger partial charge in [-0.2, -0.15) is 28.1 Å². The van der Waals surface area contributed by atoms with Gasteiger partial charge in [0, 0.05) is 110 Å². The fourth-order valence-corrected chi connectivity index (χ4v) is 14.0. The molecule has 9 aromatic heterocycles. The SMILES string of the molecule is CC(C)(C)C(=O)c1nc(C2CC2)co1.CC(C)(C)C(=O)c1nc2ccc(C(=O)CC3CC3)cc2s1.CC(C)(C)C(=O)c1nc2ccccc2o1.CC(C)(C)C(=O)c1ncc(C(F)(F)F)o1.CC(C)(C)C(=O)c1ncc(C2CC2)o1.CC(C)(C)C(=O)c1noc(C2CC2)n1.CC1CCCCN1C(=O)C(C)(C)C.CCCC(C)(C)C.Cc1coc(C(=O)C(C)(C)C)n1.Cc1nc(C(=O)C(C)(C)C)no1.Cc1nc(C(=O)C(C)(C)C)no1. The van der Waals surface area contributed by atoms with Crippen LogP contribution in [0.1, 0.15) is 496 Å². The number of hydrogen-bond acceptors (Lipinski definition) is 32. The molecule has 5 fully saturated rings. The average Bonchev–Trinajstić information content (AvgIpc) is 1.69. The zero-order valence-electron chi connectivity index (χ0n) is 95.0. The number of benzene rings is 2. The number of aromatic nitrogens is 12. The highest BCUT2D eigenvalue weighted by molar-refractivity contribution is 7.20. The summed E-state index contributed by atoms with van der Waals surface area (Å²) < 4.78 is 77.1. The number of Topliss-reactive ketones (excluding diaryl/α,β-unsaturated/α-hetero) is 10. The van der Waals surface area contributed by atoms with Crippen LogP contribution in [0, 0.1) is 86.3 Å². The maximum Gasteiger partial charge on any atom is 0.451 e. The molecule has 818 valence electrons. The summed E-state index contributed by atoms with van der Waals surface area (Å²) in [6, 6.07) is 13.4. The van der Waals surface area contributed by atoms with E-state index in [1.165, 1.54) is 88.2 Å². The van der Waals surface area contributed by atoms with Crippen LogP contribution in [-0.4, -0.2) is 142 Å². The van der Waals surface area contributed by atoms with E-state index in [1.807, 2.05) is 234 Å². The molecule has 149 heavy (non-hydrogen) atoms. The van der Waals surface area contributed by atoms with Gasteiger partial charge in [0.2, 0.25) is 93.1 Å². The van der Waals surface area contributed by atoms with E-state index in [9.17, 15) is 65.9 Å². The second-order valence-electron chi connectivity index (χ2n) is 49.9. The van der Waals surface area contributed by atoms with Crippen molar-refractivity contribution in [2.24, 2.45) is 65.5 Å². The van der Waals surface area contributed by atoms with Gasteiger partial charge in [0.25, 0.3) is 29.5 Å². The van der Waals surface area contributed by atoms with Gasteiger partial charge >= 0.3 is 6.18 Å². The van der Waals surface area contributed by atoms with Gasteiger partial charge in [-0.15, -0.1) is 11.3 Å². The van der Waals surface area contributed by atoms with Crippen LogP contribution in [0.3, 0.4) is 0 Å². The number of oxazole rings is 5. The van der Waals surface area contributed by atoms with Gasteiger partial charge in [-0.25, -0.2) is 29.9 Å². The molecule has 1 amide bonds. The third-order valence-corrected chi connectivity index (χ3v) is 23.7. The van der Waals surface area contributed by atoms with Crippen LogP contribution in [0.5, 0.6) is 0 Å². The Morgan fingerprint density at radius 3 is 1.24 bits per heavy atom. The average molecular weight is 2090 g/mol. The number of fused-ring (bicyclic) bond motifs is 2. The number of para-hydroxylation sites is 2. The minimum absolute atomic E-state index is 0.0237. The summed E-state index contributed by atoms with van der Waals surface area (Å²) in [7, 11) is 0. The summed E-state index contributed by atoms with van der Waals surface area (Å²) in [5.41, 5.74) is 0.665. The lowest BCUT2D eigenvalue weighted by Gasteiger charge is -2.37. The van der Waals surface area contributed by atoms with Crippen molar-refractivity contribution < 1.29 is 102 Å². The first-order valence-corrected chi connectivity index (χ1v) is 51.8. The maximum atomic E-state index is 12.3. The molecule has 4 saturated carbocycles. The predicted octanol–water partition coefficient (Wildman–Crippen LogP) is 28.9. The molecule has 10 heterocycles. The van der Waals surface area contributed by atoms with Gasteiger partial charge in [0.1, 0.15) is 23.8 Å². The number of halogens is 3. The number of likely N-dealkylation sites (tertiary alicyclic amines) is 1. The lowest BCUT2D eigenvalue weighted by molar-refractivity contribution is -0.153. The number of rotatable bonds is 16. The second kappa shape index (κ2) is 50.8. The van der Waals surface area contributed by atoms with Crippen molar-refractivity contribution >= 4 is 96.4 Å². The van der Waals surface area contributed by atoms with Gasteiger partial charge in [-0.1, -0.05) is 269 Å². The van der Waals surface area contributed by atoms with Crippen molar-refractivity contribution in [3.63, 3.8) is 0 Å². The number of alkyl halides is 3. The summed E-state index contributed by atoms with van der Waals surface area (Å²) in [4.78, 5) is 167. The predicted molar refractivity (Wildman–Crippen MR) is 562 cm³/mol. The molecule has 0 radical (unpaired) electrons. The molecule has 0 bridgehead atoms. The van der Waals surface area contributed by atoms with Gasteiger partial charge in [-0.05, 0) is 133 Å². The van der Waals surface area contributed by atoms with Crippen LogP contribution >= 0.6 is 11.3 Å². The Labute approximate surface area is 878 Å². The molecule has 1 atom stereocenters. The standard InChI is InChI=1S/C17H19NO2S.C12H13NO2.2C11H15NO2.C11H21NO.C10H14N2O2.C9H10F3NO2.C9H13NO2.2C8H12N2O2.C7H16/c1-17(2,3)15(20)16-18-12-7-6-11(9-14(12)21-16)13(19)8-10-4-5-10;1-12(2,3)10(14)11-13-8-6-4-5-7-9(8)15-11;1-11(2,3)9(13)10-12-8(6-14-10)7-4-5-7;1-11(2,3)9(13)10-12-6-8(14-10)7-4-5-7;1-9-7-5-6-8-12(9)10(13)11(2,3)4;1-10(2,3)7(13)8-11-9(14-12-8)6-4-5-6;1-8(2,3)6(14)7-13-4-5(15-7)9(10,11)12;1-6-5-12-8(10-6)7(11)9(2,3)4;2*1-5-9-7(10-12-5)6(11)8(2,3)4;1-5-6-7(2,3)4/h6-7,9-10H,4-5,8H2,1-3H3;4-7H,1-3H3;2*6-7H,4-5H2,1-3H3;9H,5-8H2,1-4H3;6H,4-5H2,1-3H3;4H,1-3H3;5H,1-4H3;2*1-4H3;5-6H2,1-4H3. The van der Waals surface area contributed by atoms with E-state index in [0.29, 0.717) is 81.9 Å². The molecule has 32 nitrogen and oxygen atoms in total. The van der Waals surface area contributed by atoms with Gasteiger partial charge in [-0.3, -0.25) is 52.7 Å². The number of amides is 1. The third-order valence-electron chi connectivity index (χ3n) is 22.6. The van der Waals surface area contributed by atoms with E-state index in [0.717, 1.165) is 57.8 Å². The molecule has 1 saturated heterocycles. The molecule has 1 aliphatic heterocycles. The number of carbonyl (C=O) groups excluding carboxylic acids is 11. The molecule has 16 rings (SSSR count). The van der Waals surface area contributed by atoms with Crippen LogP contribution in [0.25, 0.3) is 21.3 Å². The van der Waals surface area contributed by atoms with Crippen LogP contribution in [0.15, 0.2) is 103 Å². The Kier molecular flexibility index (Phi) is 42.8. The first-order valence-electron chi connectivity index (χ1n) is 51.0. The maximum absolute atomic E-state index is 12.3. The Balaban J connectivity index is 0.000000252. The first kappa shape index (κ1) is 126. The highest BCUT2D eigenvalue weighted by atomic mass is 32.1. The number of aryl methyl sites for hydroxylation is 3. The van der Waals surface area contributed by atoms with Crippen LogP contribution in [0.2, 0.25) is 0 Å². The van der Waals surface area contributed by atoms with Crippen molar-refractivity contribution in [3.05, 3.63) is 165 Å². The minimum atomic E-state index is -4.61. The number of carbonyl (C=O) groups is 11. The highest BCUT2D eigenvalue weighted by Gasteiger charge is 2.42. The molecule has 0 N–H and O–H groups in total. The Morgan fingerprint density at radius 1 is 0.409 bits per heavy atom. The summed E-state index contributed by atoms with van der Waals surface area (Å²) >= 11 is 1.39. The number of ketones is 10. The summed E-state index contributed by atoms with van der Waals surface area (Å²) in [6.07, 6.45) is 16.9. The van der Waals surface area contributed by atoms with Crippen LogP contribution in [0.4, 0.5) is 13.2 Å². The van der Waals surface area contributed by atoms with Crippen molar-refractivity contribution in [3.8, 4) is 0 Å². The number of piperidine rings is 1. The van der Waals surface area contributed by atoms with Crippen molar-refractivity contribution in [2.45, 2.75) is 383 Å². The van der Waals surface area contributed by atoms with E-state index in [1.54, 1.807) is 54.0 Å². The summed E-state index contributed by atoms with van der Waals surface area (Å²) in [5.74, 6) is 3.69. The van der Waals surface area contributed by atoms with E-state index < -0.39 is 72.3 Å². The first-order chi connectivity index (χ1) is 68.1. The fraction of sp³-hybridized carbons (Fsp3) is 0.619. The fourth-order valence-electron chi connectivity index (χ4n) is 12.9. The Morgan fingerprint density at radius 2 is 0.846 bits per heavy atom. The normalized spacial score (nSPS) is 15.0. The minimum Gasteiger partial charge on any atom is -0.442 e. The molecule has 1 unspecified atom stereocenters. The Bertz CT molecular complexity index is 5990. The molecular formula is C113H160F3N13O19S. The lowest BCUT2D eigenvalue weighted by Crippen LogP contribution is -2.47. The quantitative estimate of drug-likeness (QED) is 0.0811. The molecule has 5 aliphatic rings. The zero-order chi connectivity index (χ0) is 113. The summed E-state index contributed by atoms with van der Waals surface area (Å²) in [5, 5.41) is 11.3. The topological polar surface area (TPSA) is 451 Å². The highest BCUT2D eigenvalue weighted by Crippen LogP contribution is 2.44. The molecular weight excluding hydrogens is 1930 g/mol. The third kappa shape index (κ3) is 41.0. The zero-order valence-corrected chi connectivity index (χ0v) is 95.8. The van der Waals surface area contributed by atoms with Gasteiger partial charge < -0.3 is 40.6 Å².